The summed E-state index contributed by atoms with van der Waals surface area (Å²) in [4.78, 5) is -0.334. The third kappa shape index (κ3) is 5.55. The maximum atomic E-state index is 12.4. The monoisotopic (exact) mass is 360 g/mol. The Hall–Kier alpha value is -1.17. The lowest BCUT2D eigenvalue weighted by Gasteiger charge is -2.10. The predicted octanol–water partition coefficient (Wildman–Crippen LogP) is 0.923. The van der Waals surface area contributed by atoms with Crippen LogP contribution >= 0.6 is 0 Å². The average Bonchev–Trinajstić information content (AvgIpc) is 2.43. The predicted molar refractivity (Wildman–Crippen MR) is 74.1 cm³/mol. The summed E-state index contributed by atoms with van der Waals surface area (Å²) in [5.41, 5.74) is -0.956. The summed E-state index contributed by atoms with van der Waals surface area (Å²) in [5.74, 6) is -0.140. The molecule has 0 saturated heterocycles. The Morgan fingerprint density at radius 1 is 0.955 bits per heavy atom. The van der Waals surface area contributed by atoms with Crippen molar-refractivity contribution in [2.24, 2.45) is 0 Å². The van der Waals surface area contributed by atoms with Gasteiger partial charge in [-0.05, 0) is 31.2 Å². The molecule has 0 radical (unpaired) electrons. The molecule has 0 amide bonds. The molecule has 0 bridgehead atoms. The maximum Gasteiger partial charge on any atom is 0.416 e. The van der Waals surface area contributed by atoms with Crippen LogP contribution in [0.1, 0.15) is 12.5 Å². The van der Waals surface area contributed by atoms with Crippen LogP contribution in [0.15, 0.2) is 29.2 Å². The van der Waals surface area contributed by atoms with Crippen molar-refractivity contribution < 1.29 is 30.0 Å². The minimum absolute atomic E-state index is 0.140. The van der Waals surface area contributed by atoms with Crippen LogP contribution in [0.25, 0.3) is 0 Å². The fourth-order valence-corrected chi connectivity index (χ4v) is 3.05. The zero-order chi connectivity index (χ0) is 17.0. The van der Waals surface area contributed by atoms with Crippen molar-refractivity contribution in [1.82, 2.24) is 9.44 Å². The van der Waals surface area contributed by atoms with Gasteiger partial charge in [0.15, 0.2) is 0 Å². The number of benzene rings is 1. The molecule has 0 unspecified atom stereocenters. The lowest BCUT2D eigenvalue weighted by Crippen LogP contribution is -2.35. The minimum Gasteiger partial charge on any atom is -0.214 e. The first kappa shape index (κ1) is 18.9. The first-order valence-electron chi connectivity index (χ1n) is 6.12. The van der Waals surface area contributed by atoms with Gasteiger partial charge in [-0.3, -0.25) is 0 Å². The highest BCUT2D eigenvalue weighted by Crippen LogP contribution is 2.29. The fourth-order valence-electron chi connectivity index (χ4n) is 1.40. The van der Waals surface area contributed by atoms with E-state index < -0.39 is 31.8 Å². The maximum absolute atomic E-state index is 12.4. The van der Waals surface area contributed by atoms with Crippen molar-refractivity contribution in [2.45, 2.75) is 18.0 Å². The van der Waals surface area contributed by atoms with Crippen LogP contribution in [0, 0.1) is 0 Å². The van der Waals surface area contributed by atoms with Crippen LogP contribution in [0.3, 0.4) is 0 Å². The summed E-state index contributed by atoms with van der Waals surface area (Å²) in [6, 6.07) is 2.99. The second-order valence-electron chi connectivity index (χ2n) is 4.22. The Morgan fingerprint density at radius 2 is 1.45 bits per heavy atom. The summed E-state index contributed by atoms with van der Waals surface area (Å²) in [6.07, 6.45) is -4.55. The Bertz CT molecular complexity index is 698. The molecule has 0 aromatic heterocycles. The van der Waals surface area contributed by atoms with Crippen LogP contribution in [0.5, 0.6) is 0 Å². The van der Waals surface area contributed by atoms with E-state index in [-0.39, 0.29) is 23.7 Å². The summed E-state index contributed by atoms with van der Waals surface area (Å²) in [6.45, 7) is 1.05. The number of hydrogen-bond acceptors (Lipinski definition) is 4. The number of sulfonamides is 2. The largest absolute Gasteiger partial charge is 0.416 e. The second kappa shape index (κ2) is 6.94. The molecule has 0 fully saturated rings. The molecular weight excluding hydrogens is 345 g/mol. The van der Waals surface area contributed by atoms with Gasteiger partial charge >= 0.3 is 6.18 Å². The Balaban J connectivity index is 2.67. The zero-order valence-corrected chi connectivity index (χ0v) is 13.1. The van der Waals surface area contributed by atoms with E-state index in [2.05, 4.69) is 9.44 Å². The van der Waals surface area contributed by atoms with Crippen molar-refractivity contribution in [2.75, 3.05) is 18.8 Å². The quantitative estimate of drug-likeness (QED) is 0.708. The van der Waals surface area contributed by atoms with E-state index in [4.69, 9.17) is 0 Å². The number of nitrogens with one attached hydrogen (secondary N) is 2. The van der Waals surface area contributed by atoms with Gasteiger partial charge in [0.05, 0.1) is 16.2 Å². The van der Waals surface area contributed by atoms with Gasteiger partial charge in [-0.1, -0.05) is 0 Å². The topological polar surface area (TPSA) is 92.3 Å². The van der Waals surface area contributed by atoms with Gasteiger partial charge in [0, 0.05) is 13.1 Å². The lowest BCUT2D eigenvalue weighted by molar-refractivity contribution is -0.137. The average molecular weight is 360 g/mol. The summed E-state index contributed by atoms with van der Waals surface area (Å²) < 4.78 is 87.3. The first-order valence-corrected chi connectivity index (χ1v) is 9.26. The molecule has 0 spiro atoms. The molecule has 1 aromatic carbocycles. The van der Waals surface area contributed by atoms with Gasteiger partial charge in [0.25, 0.3) is 0 Å². The highest BCUT2D eigenvalue weighted by atomic mass is 32.2. The minimum atomic E-state index is -4.55. The molecule has 0 aliphatic rings. The van der Waals surface area contributed by atoms with Gasteiger partial charge in [0.1, 0.15) is 0 Å². The Kier molecular flexibility index (Phi) is 5.96. The standard InChI is InChI=1S/C11H15F3N2O4S2/c1-2-21(17,18)15-7-8-16-22(19,20)10-5-3-9(4-6-10)11(12,13)14/h3-6,15-16H,2,7-8H2,1H3. The highest BCUT2D eigenvalue weighted by molar-refractivity contribution is 7.89. The van der Waals surface area contributed by atoms with Crippen molar-refractivity contribution in [3.63, 3.8) is 0 Å². The van der Waals surface area contributed by atoms with E-state index in [9.17, 15) is 30.0 Å². The van der Waals surface area contributed by atoms with Crippen LogP contribution in [0.2, 0.25) is 0 Å². The van der Waals surface area contributed by atoms with Crippen LogP contribution in [-0.4, -0.2) is 35.7 Å². The molecule has 6 nitrogen and oxygen atoms in total. The number of hydrogen-bond donors (Lipinski definition) is 2. The molecule has 1 aromatic rings. The van der Waals surface area contributed by atoms with E-state index in [1.807, 2.05) is 0 Å². The number of alkyl halides is 3. The van der Waals surface area contributed by atoms with E-state index in [1.54, 1.807) is 0 Å². The van der Waals surface area contributed by atoms with Gasteiger partial charge in [-0.2, -0.15) is 13.2 Å². The molecule has 126 valence electrons. The van der Waals surface area contributed by atoms with Crippen molar-refractivity contribution in [3.8, 4) is 0 Å². The fraction of sp³-hybridized carbons (Fsp3) is 0.455. The summed E-state index contributed by atoms with van der Waals surface area (Å²) >= 11 is 0. The molecule has 11 heteroatoms. The van der Waals surface area contributed by atoms with Crippen molar-refractivity contribution in [1.29, 1.82) is 0 Å². The highest BCUT2D eigenvalue weighted by Gasteiger charge is 2.30. The van der Waals surface area contributed by atoms with E-state index >= 15 is 0 Å². The lowest BCUT2D eigenvalue weighted by atomic mass is 10.2. The molecule has 0 atom stereocenters. The van der Waals surface area contributed by atoms with Gasteiger partial charge in [-0.25, -0.2) is 26.3 Å². The van der Waals surface area contributed by atoms with Crippen LogP contribution in [-0.2, 0) is 26.2 Å². The van der Waals surface area contributed by atoms with Crippen LogP contribution < -0.4 is 9.44 Å². The SMILES string of the molecule is CCS(=O)(=O)NCCNS(=O)(=O)c1ccc(C(F)(F)F)cc1. The number of rotatable bonds is 7. The second-order valence-corrected chi connectivity index (χ2v) is 8.08. The van der Waals surface area contributed by atoms with Crippen molar-refractivity contribution in [3.05, 3.63) is 29.8 Å². The van der Waals surface area contributed by atoms with Gasteiger partial charge < -0.3 is 0 Å². The molecule has 0 aliphatic heterocycles. The summed E-state index contributed by atoms with van der Waals surface area (Å²) in [5, 5.41) is 0. The Labute approximate surface area is 126 Å². The third-order valence-electron chi connectivity index (χ3n) is 2.61. The van der Waals surface area contributed by atoms with E-state index in [1.165, 1.54) is 6.92 Å². The Morgan fingerprint density at radius 3 is 1.91 bits per heavy atom. The normalized spacial score (nSPS) is 13.3. The zero-order valence-electron chi connectivity index (χ0n) is 11.5. The molecular formula is C11H15F3N2O4S2. The molecule has 22 heavy (non-hydrogen) atoms. The molecule has 0 heterocycles. The van der Waals surface area contributed by atoms with Gasteiger partial charge in [-0.15, -0.1) is 0 Å². The first-order chi connectivity index (χ1) is 9.98. The number of halogens is 3. The van der Waals surface area contributed by atoms with Crippen LogP contribution in [0.4, 0.5) is 13.2 Å². The van der Waals surface area contributed by atoms with E-state index in [0.717, 1.165) is 12.1 Å². The van der Waals surface area contributed by atoms with Gasteiger partial charge in [0.2, 0.25) is 20.0 Å². The molecule has 0 aliphatic carbocycles. The van der Waals surface area contributed by atoms with Crippen molar-refractivity contribution >= 4 is 20.0 Å². The molecule has 2 N–H and O–H groups in total. The third-order valence-corrected chi connectivity index (χ3v) is 5.49. The van der Waals surface area contributed by atoms with E-state index in [0.29, 0.717) is 12.1 Å². The summed E-state index contributed by atoms with van der Waals surface area (Å²) in [7, 11) is -7.43. The molecule has 0 saturated carbocycles. The molecule has 1 rings (SSSR count). The smallest absolute Gasteiger partial charge is 0.214 e.